The molecule has 0 aliphatic carbocycles. The lowest BCUT2D eigenvalue weighted by Crippen LogP contribution is -2.21. The Labute approximate surface area is 88.5 Å². The first-order chi connectivity index (χ1) is 7.10. The monoisotopic (exact) mass is 211 g/mol. The van der Waals surface area contributed by atoms with Crippen LogP contribution < -0.4 is 4.74 Å². The molecule has 1 rings (SSSR count). The van der Waals surface area contributed by atoms with E-state index in [4.69, 9.17) is 4.74 Å². The van der Waals surface area contributed by atoms with E-state index in [1.807, 2.05) is 0 Å². The molecule has 82 valence electrons. The van der Waals surface area contributed by atoms with Gasteiger partial charge in [0.15, 0.2) is 11.6 Å². The third kappa shape index (κ3) is 2.53. The lowest BCUT2D eigenvalue weighted by molar-refractivity contribution is -0.111. The molecule has 0 saturated carbocycles. The minimum absolute atomic E-state index is 0.183. The second kappa shape index (κ2) is 4.89. The molecule has 0 fully saturated rings. The highest BCUT2D eigenvalue weighted by Gasteiger charge is 2.14. The van der Waals surface area contributed by atoms with Crippen LogP contribution in [0.4, 0.5) is 4.39 Å². The quantitative estimate of drug-likeness (QED) is 0.709. The van der Waals surface area contributed by atoms with Crippen molar-refractivity contribution in [3.8, 4) is 5.75 Å². The molecule has 0 spiro atoms. The van der Waals surface area contributed by atoms with Crippen LogP contribution in [-0.2, 0) is 4.79 Å². The van der Waals surface area contributed by atoms with Crippen molar-refractivity contribution in [3.05, 3.63) is 29.6 Å². The molecule has 0 N–H and O–H groups in total. The molecule has 0 amide bonds. The average molecular weight is 211 g/mol. The summed E-state index contributed by atoms with van der Waals surface area (Å²) in [4.78, 5) is 12.5. The standard InChI is InChI=1S/C11H14FNO2/c1-13(2)10(7-14)8-4-5-11(15-3)9(12)6-8/h4-7,10H,1-3H3. The number of aldehydes is 1. The molecule has 4 heteroatoms. The molecule has 3 nitrogen and oxygen atoms in total. The topological polar surface area (TPSA) is 29.5 Å². The third-order valence-electron chi connectivity index (χ3n) is 2.20. The van der Waals surface area contributed by atoms with Crippen molar-refractivity contribution in [2.45, 2.75) is 6.04 Å². The zero-order chi connectivity index (χ0) is 11.4. The normalized spacial score (nSPS) is 12.6. The van der Waals surface area contributed by atoms with E-state index >= 15 is 0 Å². The molecule has 1 aromatic carbocycles. The van der Waals surface area contributed by atoms with Gasteiger partial charge in [-0.25, -0.2) is 4.39 Å². The summed E-state index contributed by atoms with van der Waals surface area (Å²) in [7, 11) is 4.93. The van der Waals surface area contributed by atoms with Crippen molar-refractivity contribution < 1.29 is 13.9 Å². The second-order valence-corrected chi connectivity index (χ2v) is 3.44. The van der Waals surface area contributed by atoms with Crippen LogP contribution in [0, 0.1) is 5.82 Å². The molecule has 1 unspecified atom stereocenters. The number of carbonyl (C=O) groups is 1. The van der Waals surface area contributed by atoms with Crippen molar-refractivity contribution in [2.75, 3.05) is 21.2 Å². The van der Waals surface area contributed by atoms with Gasteiger partial charge >= 0.3 is 0 Å². The Hall–Kier alpha value is -1.42. The highest BCUT2D eigenvalue weighted by atomic mass is 19.1. The number of halogens is 1. The number of hydrogen-bond acceptors (Lipinski definition) is 3. The summed E-state index contributed by atoms with van der Waals surface area (Å²) in [6, 6.07) is 4.09. The summed E-state index contributed by atoms with van der Waals surface area (Å²) < 4.78 is 18.1. The molecule has 0 radical (unpaired) electrons. The fourth-order valence-corrected chi connectivity index (χ4v) is 1.37. The lowest BCUT2D eigenvalue weighted by Gasteiger charge is -2.19. The van der Waals surface area contributed by atoms with Crippen LogP contribution in [0.25, 0.3) is 0 Å². The van der Waals surface area contributed by atoms with Gasteiger partial charge in [0.2, 0.25) is 0 Å². The summed E-state index contributed by atoms with van der Waals surface area (Å²) in [6.07, 6.45) is 0.779. The van der Waals surface area contributed by atoms with E-state index in [0.29, 0.717) is 5.56 Å². The first-order valence-corrected chi connectivity index (χ1v) is 4.55. The molecule has 0 saturated heterocycles. The molecule has 0 aliphatic rings. The maximum absolute atomic E-state index is 13.4. The van der Waals surface area contributed by atoms with Crippen LogP contribution >= 0.6 is 0 Å². The van der Waals surface area contributed by atoms with E-state index in [1.165, 1.54) is 19.2 Å². The fourth-order valence-electron chi connectivity index (χ4n) is 1.37. The largest absolute Gasteiger partial charge is 0.494 e. The minimum atomic E-state index is -0.455. The SMILES string of the molecule is COc1ccc(C(C=O)N(C)C)cc1F. The molecule has 0 aromatic heterocycles. The van der Waals surface area contributed by atoms with Gasteiger partial charge < -0.3 is 9.53 Å². The first-order valence-electron chi connectivity index (χ1n) is 4.55. The molecule has 0 aliphatic heterocycles. The maximum atomic E-state index is 13.4. The minimum Gasteiger partial charge on any atom is -0.494 e. The molecule has 0 bridgehead atoms. The smallest absolute Gasteiger partial charge is 0.165 e. The molecule has 0 heterocycles. The van der Waals surface area contributed by atoms with E-state index in [1.54, 1.807) is 25.1 Å². The molecular weight excluding hydrogens is 197 g/mol. The number of likely N-dealkylation sites (N-methyl/N-ethyl adjacent to an activating group) is 1. The average Bonchev–Trinajstić information content (AvgIpc) is 2.18. The van der Waals surface area contributed by atoms with E-state index in [2.05, 4.69) is 0 Å². The number of rotatable bonds is 4. The van der Waals surface area contributed by atoms with E-state index < -0.39 is 11.9 Å². The van der Waals surface area contributed by atoms with Gasteiger partial charge in [0.25, 0.3) is 0 Å². The Balaban J connectivity index is 3.05. The van der Waals surface area contributed by atoms with Gasteiger partial charge in [-0.15, -0.1) is 0 Å². The van der Waals surface area contributed by atoms with Crippen molar-refractivity contribution in [1.82, 2.24) is 4.90 Å². The van der Waals surface area contributed by atoms with Crippen LogP contribution in [-0.4, -0.2) is 32.4 Å². The predicted octanol–water partition coefficient (Wildman–Crippen LogP) is 1.64. The Morgan fingerprint density at radius 2 is 2.13 bits per heavy atom. The number of hydrogen-bond donors (Lipinski definition) is 0. The van der Waals surface area contributed by atoms with E-state index in [0.717, 1.165) is 6.29 Å². The Morgan fingerprint density at radius 1 is 1.47 bits per heavy atom. The number of carbonyl (C=O) groups excluding carboxylic acids is 1. The van der Waals surface area contributed by atoms with Gasteiger partial charge in [0, 0.05) is 0 Å². The summed E-state index contributed by atoms with van der Waals surface area (Å²) in [5.41, 5.74) is 0.619. The Kier molecular flexibility index (Phi) is 3.80. The first kappa shape index (κ1) is 11.7. The summed E-state index contributed by atoms with van der Waals surface area (Å²) in [6.45, 7) is 0. The summed E-state index contributed by atoms with van der Waals surface area (Å²) in [5.74, 6) is -0.272. The van der Waals surface area contributed by atoms with Crippen LogP contribution in [0.2, 0.25) is 0 Å². The Bertz CT molecular complexity index is 352. The van der Waals surface area contributed by atoms with E-state index in [9.17, 15) is 9.18 Å². The van der Waals surface area contributed by atoms with Gasteiger partial charge in [0.1, 0.15) is 6.29 Å². The zero-order valence-electron chi connectivity index (χ0n) is 9.03. The third-order valence-corrected chi connectivity index (χ3v) is 2.20. The highest BCUT2D eigenvalue weighted by molar-refractivity contribution is 5.61. The number of methoxy groups -OCH3 is 1. The summed E-state index contributed by atoms with van der Waals surface area (Å²) >= 11 is 0. The van der Waals surface area contributed by atoms with Crippen LogP contribution in [0.5, 0.6) is 5.75 Å². The van der Waals surface area contributed by atoms with Gasteiger partial charge in [0.05, 0.1) is 13.2 Å². The number of nitrogens with zero attached hydrogens (tertiary/aromatic N) is 1. The Morgan fingerprint density at radius 3 is 2.53 bits per heavy atom. The zero-order valence-corrected chi connectivity index (χ0v) is 9.03. The highest BCUT2D eigenvalue weighted by Crippen LogP contribution is 2.22. The lowest BCUT2D eigenvalue weighted by atomic mass is 10.1. The molecule has 1 aromatic rings. The van der Waals surface area contributed by atoms with Gasteiger partial charge in [-0.2, -0.15) is 0 Å². The van der Waals surface area contributed by atoms with Gasteiger partial charge in [-0.3, -0.25) is 4.90 Å². The summed E-state index contributed by atoms with van der Waals surface area (Å²) in [5, 5.41) is 0. The van der Waals surface area contributed by atoms with Gasteiger partial charge in [-0.1, -0.05) is 6.07 Å². The van der Waals surface area contributed by atoms with Crippen molar-refractivity contribution in [2.24, 2.45) is 0 Å². The van der Waals surface area contributed by atoms with E-state index in [-0.39, 0.29) is 5.75 Å². The molecule has 15 heavy (non-hydrogen) atoms. The van der Waals surface area contributed by atoms with Crippen molar-refractivity contribution in [3.63, 3.8) is 0 Å². The van der Waals surface area contributed by atoms with Gasteiger partial charge in [-0.05, 0) is 31.8 Å². The fraction of sp³-hybridized carbons (Fsp3) is 0.364. The number of ether oxygens (including phenoxy) is 1. The molecular formula is C11H14FNO2. The molecule has 1 atom stereocenters. The maximum Gasteiger partial charge on any atom is 0.165 e. The van der Waals surface area contributed by atoms with Crippen LogP contribution in [0.1, 0.15) is 11.6 Å². The second-order valence-electron chi connectivity index (χ2n) is 3.44. The predicted molar refractivity (Wildman–Crippen MR) is 55.4 cm³/mol. The number of benzene rings is 1. The van der Waals surface area contributed by atoms with Crippen molar-refractivity contribution >= 4 is 6.29 Å². The van der Waals surface area contributed by atoms with Crippen LogP contribution in [0.15, 0.2) is 18.2 Å². The van der Waals surface area contributed by atoms with Crippen LogP contribution in [0.3, 0.4) is 0 Å². The van der Waals surface area contributed by atoms with Crippen molar-refractivity contribution in [1.29, 1.82) is 0 Å².